The first-order valence-corrected chi connectivity index (χ1v) is 12.1. The van der Waals surface area contributed by atoms with Crippen LogP contribution >= 0.6 is 0 Å². The average molecular weight is 467 g/mol. The lowest BCUT2D eigenvalue weighted by atomic mass is 9.92. The summed E-state index contributed by atoms with van der Waals surface area (Å²) < 4.78 is 31.9. The van der Waals surface area contributed by atoms with E-state index in [9.17, 15) is 22.8 Å². The van der Waals surface area contributed by atoms with Gasteiger partial charge in [0.05, 0.1) is 18.1 Å². The SMILES string of the molecule is CC(C)CCC1(C)NC(=O)N(CC(=O)Nc2ccc(S(=O)(=O)N3CCOCC3)cc2)C1=O. The predicted octanol–water partition coefficient (Wildman–Crippen LogP) is 1.39. The zero-order valence-corrected chi connectivity index (χ0v) is 19.4. The molecule has 1 unspecified atom stereocenters. The second-order valence-electron chi connectivity index (χ2n) is 8.68. The van der Waals surface area contributed by atoms with Crippen molar-refractivity contribution in [3.8, 4) is 0 Å². The maximum absolute atomic E-state index is 12.7. The Morgan fingerprint density at radius 1 is 1.19 bits per heavy atom. The smallest absolute Gasteiger partial charge is 0.325 e. The molecule has 11 heteroatoms. The van der Waals surface area contributed by atoms with Crippen molar-refractivity contribution < 1.29 is 27.5 Å². The molecule has 0 spiro atoms. The van der Waals surface area contributed by atoms with Crippen molar-refractivity contribution in [1.29, 1.82) is 0 Å². The largest absolute Gasteiger partial charge is 0.379 e. The molecule has 1 aromatic rings. The molecule has 2 N–H and O–H groups in total. The second-order valence-corrected chi connectivity index (χ2v) is 10.6. The van der Waals surface area contributed by atoms with Crippen molar-refractivity contribution in [1.82, 2.24) is 14.5 Å². The van der Waals surface area contributed by atoms with Crippen molar-refractivity contribution in [2.24, 2.45) is 5.92 Å². The molecule has 0 saturated carbocycles. The molecule has 0 bridgehead atoms. The zero-order chi connectivity index (χ0) is 23.5. The van der Waals surface area contributed by atoms with E-state index in [4.69, 9.17) is 4.74 Å². The van der Waals surface area contributed by atoms with E-state index in [1.165, 1.54) is 28.6 Å². The average Bonchev–Trinajstić information content (AvgIpc) is 2.96. The number of urea groups is 1. The van der Waals surface area contributed by atoms with E-state index in [2.05, 4.69) is 10.6 Å². The van der Waals surface area contributed by atoms with Crippen LogP contribution in [0.25, 0.3) is 0 Å². The summed E-state index contributed by atoms with van der Waals surface area (Å²) in [4.78, 5) is 38.5. The van der Waals surface area contributed by atoms with Crippen LogP contribution in [0.5, 0.6) is 0 Å². The third-order valence-electron chi connectivity index (χ3n) is 5.61. The molecule has 176 valence electrons. The highest BCUT2D eigenvalue weighted by Gasteiger charge is 2.47. The minimum atomic E-state index is -3.63. The van der Waals surface area contributed by atoms with Crippen LogP contribution in [0, 0.1) is 5.92 Å². The zero-order valence-electron chi connectivity index (χ0n) is 18.6. The summed E-state index contributed by atoms with van der Waals surface area (Å²) in [6.07, 6.45) is 1.26. The number of carbonyl (C=O) groups excluding carboxylic acids is 3. The molecule has 2 heterocycles. The van der Waals surface area contributed by atoms with Gasteiger partial charge >= 0.3 is 6.03 Å². The van der Waals surface area contributed by atoms with Gasteiger partial charge in [-0.2, -0.15) is 4.31 Å². The first-order chi connectivity index (χ1) is 15.0. The number of rotatable bonds is 8. The van der Waals surface area contributed by atoms with Crippen molar-refractivity contribution in [3.05, 3.63) is 24.3 Å². The highest BCUT2D eigenvalue weighted by molar-refractivity contribution is 7.89. The molecule has 3 rings (SSSR count). The molecule has 2 fully saturated rings. The van der Waals surface area contributed by atoms with Crippen molar-refractivity contribution in [2.75, 3.05) is 38.2 Å². The maximum atomic E-state index is 12.7. The van der Waals surface area contributed by atoms with Crippen LogP contribution in [0.2, 0.25) is 0 Å². The van der Waals surface area contributed by atoms with Gasteiger partial charge in [0, 0.05) is 18.8 Å². The van der Waals surface area contributed by atoms with Crippen LogP contribution in [0.4, 0.5) is 10.5 Å². The quantitative estimate of drug-likeness (QED) is 0.558. The predicted molar refractivity (Wildman–Crippen MR) is 117 cm³/mol. The number of carbonyl (C=O) groups is 3. The van der Waals surface area contributed by atoms with Crippen LogP contribution in [-0.2, 0) is 24.3 Å². The maximum Gasteiger partial charge on any atom is 0.325 e. The number of imide groups is 1. The summed E-state index contributed by atoms with van der Waals surface area (Å²) in [5.74, 6) is -0.598. The Balaban J connectivity index is 1.60. The summed E-state index contributed by atoms with van der Waals surface area (Å²) in [7, 11) is -3.63. The number of amides is 4. The summed E-state index contributed by atoms with van der Waals surface area (Å²) in [5.41, 5.74) is -0.650. The van der Waals surface area contributed by atoms with Crippen LogP contribution < -0.4 is 10.6 Å². The van der Waals surface area contributed by atoms with Gasteiger partial charge in [-0.25, -0.2) is 13.2 Å². The molecule has 0 radical (unpaired) electrons. The van der Waals surface area contributed by atoms with E-state index in [0.717, 1.165) is 11.3 Å². The van der Waals surface area contributed by atoms with E-state index in [1.807, 2.05) is 13.8 Å². The van der Waals surface area contributed by atoms with Crippen LogP contribution in [0.15, 0.2) is 29.2 Å². The Bertz CT molecular complexity index is 973. The molecule has 32 heavy (non-hydrogen) atoms. The van der Waals surface area contributed by atoms with Gasteiger partial charge in [-0.3, -0.25) is 14.5 Å². The number of morpholine rings is 1. The number of nitrogens with zero attached hydrogens (tertiary/aromatic N) is 2. The van der Waals surface area contributed by atoms with Crippen molar-refractivity contribution in [3.63, 3.8) is 0 Å². The molecule has 2 saturated heterocycles. The van der Waals surface area contributed by atoms with Gasteiger partial charge in [-0.15, -0.1) is 0 Å². The fraction of sp³-hybridized carbons (Fsp3) is 0.571. The number of hydrogen-bond donors (Lipinski definition) is 2. The van der Waals surface area contributed by atoms with Crippen LogP contribution in [0.1, 0.15) is 33.6 Å². The fourth-order valence-corrected chi connectivity index (χ4v) is 5.04. The molecule has 1 atom stereocenters. The Kier molecular flexibility index (Phi) is 7.21. The number of nitrogens with one attached hydrogen (secondary N) is 2. The standard InChI is InChI=1S/C21H30N4O6S/c1-15(2)8-9-21(3)19(27)25(20(28)23-21)14-18(26)22-16-4-6-17(7-5-16)32(29,30)24-10-12-31-13-11-24/h4-7,15H,8-14H2,1-3H3,(H,22,26)(H,23,28). The topological polar surface area (TPSA) is 125 Å². The highest BCUT2D eigenvalue weighted by Crippen LogP contribution is 2.25. The van der Waals surface area contributed by atoms with Gasteiger partial charge in [-0.05, 0) is 49.9 Å². The van der Waals surface area contributed by atoms with Gasteiger partial charge in [-0.1, -0.05) is 13.8 Å². The monoisotopic (exact) mass is 466 g/mol. The molecular formula is C21H30N4O6S. The molecule has 0 aliphatic carbocycles. The number of ether oxygens (including phenoxy) is 1. The lowest BCUT2D eigenvalue weighted by Crippen LogP contribution is -2.44. The lowest BCUT2D eigenvalue weighted by Gasteiger charge is -2.26. The van der Waals surface area contributed by atoms with Gasteiger partial charge < -0.3 is 15.4 Å². The Morgan fingerprint density at radius 3 is 2.41 bits per heavy atom. The van der Waals surface area contributed by atoms with E-state index in [1.54, 1.807) is 6.92 Å². The fourth-order valence-electron chi connectivity index (χ4n) is 3.63. The van der Waals surface area contributed by atoms with E-state index in [-0.39, 0.29) is 4.90 Å². The van der Waals surface area contributed by atoms with Gasteiger partial charge in [0.2, 0.25) is 15.9 Å². The van der Waals surface area contributed by atoms with Gasteiger partial charge in [0.25, 0.3) is 5.91 Å². The van der Waals surface area contributed by atoms with Crippen LogP contribution in [0.3, 0.4) is 0 Å². The molecule has 4 amide bonds. The normalized spacial score (nSPS) is 22.3. The van der Waals surface area contributed by atoms with Crippen molar-refractivity contribution in [2.45, 2.75) is 44.0 Å². The first-order valence-electron chi connectivity index (χ1n) is 10.6. The Hall–Kier alpha value is -2.50. The molecular weight excluding hydrogens is 436 g/mol. The third kappa shape index (κ3) is 5.28. The van der Waals surface area contributed by atoms with Gasteiger partial charge in [0.15, 0.2) is 0 Å². The minimum absolute atomic E-state index is 0.118. The first kappa shape index (κ1) is 24.1. The summed E-state index contributed by atoms with van der Waals surface area (Å²) in [6, 6.07) is 5.19. The van der Waals surface area contributed by atoms with E-state index >= 15 is 0 Å². The number of benzene rings is 1. The molecule has 0 aromatic heterocycles. The third-order valence-corrected chi connectivity index (χ3v) is 7.53. The Morgan fingerprint density at radius 2 is 1.81 bits per heavy atom. The summed E-state index contributed by atoms with van der Waals surface area (Å²) in [5, 5.41) is 5.29. The number of anilines is 1. The summed E-state index contributed by atoms with van der Waals surface area (Å²) in [6.45, 7) is 6.61. The minimum Gasteiger partial charge on any atom is -0.379 e. The number of hydrogen-bond acceptors (Lipinski definition) is 6. The van der Waals surface area contributed by atoms with Crippen LogP contribution in [-0.4, -0.2) is 73.9 Å². The molecule has 2 aliphatic rings. The second kappa shape index (κ2) is 9.55. The molecule has 10 nitrogen and oxygen atoms in total. The summed E-state index contributed by atoms with van der Waals surface area (Å²) >= 11 is 0. The van der Waals surface area contributed by atoms with Crippen molar-refractivity contribution >= 4 is 33.6 Å². The van der Waals surface area contributed by atoms with E-state index < -0.39 is 40.0 Å². The van der Waals surface area contributed by atoms with Gasteiger partial charge in [0.1, 0.15) is 12.1 Å². The Labute approximate surface area is 188 Å². The molecule has 2 aliphatic heterocycles. The highest BCUT2D eigenvalue weighted by atomic mass is 32.2. The molecule has 1 aromatic carbocycles. The number of sulfonamides is 1. The van der Waals surface area contributed by atoms with E-state index in [0.29, 0.717) is 44.3 Å². The lowest BCUT2D eigenvalue weighted by molar-refractivity contribution is -0.133.